The van der Waals surface area contributed by atoms with Crippen LogP contribution in [-0.2, 0) is 0 Å². The van der Waals surface area contributed by atoms with Crippen molar-refractivity contribution >= 4 is 16.8 Å². The monoisotopic (exact) mass is 327 g/mol. The summed E-state index contributed by atoms with van der Waals surface area (Å²) in [6.07, 6.45) is 0. The summed E-state index contributed by atoms with van der Waals surface area (Å²) in [4.78, 5) is 0. The van der Waals surface area contributed by atoms with Gasteiger partial charge in [-0.2, -0.15) is 0 Å². The Balaban J connectivity index is 2.12. The van der Waals surface area contributed by atoms with E-state index >= 15 is 0 Å². The van der Waals surface area contributed by atoms with Crippen molar-refractivity contribution in [3.63, 3.8) is 0 Å². The number of anilines is 1. The lowest BCUT2D eigenvalue weighted by Gasteiger charge is -2.17. The van der Waals surface area contributed by atoms with Gasteiger partial charge in [0.25, 0.3) is 0 Å². The van der Waals surface area contributed by atoms with Crippen LogP contribution in [0, 0.1) is 0 Å². The predicted molar refractivity (Wildman–Crippen MR) is 107 cm³/mol. The second kappa shape index (κ2) is 7.10. The molecule has 0 spiro atoms. The molecule has 3 rings (SSSR count). The topological polar surface area (TPSA) is 35.2 Å². The minimum atomic E-state index is 0.656. The van der Waals surface area contributed by atoms with Gasteiger partial charge in [-0.1, -0.05) is 73.8 Å². The first-order valence-electron chi connectivity index (χ1n) is 8.08. The van der Waals surface area contributed by atoms with Crippen LogP contribution >= 0.6 is 0 Å². The zero-order valence-electron chi connectivity index (χ0n) is 14.3. The summed E-state index contributed by atoms with van der Waals surface area (Å²) in [5, 5.41) is 0. The zero-order valence-corrected chi connectivity index (χ0v) is 14.3. The van der Waals surface area contributed by atoms with Crippen LogP contribution in [0.5, 0.6) is 5.75 Å². The van der Waals surface area contributed by atoms with E-state index in [9.17, 15) is 0 Å². The molecule has 0 aromatic heterocycles. The third-order valence-corrected chi connectivity index (χ3v) is 4.28. The van der Waals surface area contributed by atoms with Gasteiger partial charge in [0.2, 0.25) is 0 Å². The van der Waals surface area contributed by atoms with Crippen molar-refractivity contribution in [3.8, 4) is 5.75 Å². The van der Waals surface area contributed by atoms with Crippen LogP contribution < -0.4 is 10.5 Å². The van der Waals surface area contributed by atoms with E-state index in [4.69, 9.17) is 10.5 Å². The van der Waals surface area contributed by atoms with E-state index in [1.165, 1.54) is 0 Å². The number of benzene rings is 3. The molecule has 25 heavy (non-hydrogen) atoms. The molecule has 0 saturated carbocycles. The maximum absolute atomic E-state index is 6.51. The van der Waals surface area contributed by atoms with Crippen LogP contribution in [0.25, 0.3) is 11.1 Å². The maximum Gasteiger partial charge on any atom is 0.120 e. The largest absolute Gasteiger partial charge is 0.497 e. The van der Waals surface area contributed by atoms with E-state index < -0.39 is 0 Å². The van der Waals surface area contributed by atoms with E-state index in [0.717, 1.165) is 39.1 Å². The second-order valence-corrected chi connectivity index (χ2v) is 5.83. The van der Waals surface area contributed by atoms with Crippen molar-refractivity contribution in [3.05, 3.63) is 108 Å². The van der Waals surface area contributed by atoms with Crippen molar-refractivity contribution in [1.29, 1.82) is 0 Å². The Morgan fingerprint density at radius 1 is 0.760 bits per heavy atom. The first-order valence-corrected chi connectivity index (χ1v) is 8.08. The van der Waals surface area contributed by atoms with Crippen molar-refractivity contribution in [2.45, 2.75) is 0 Å². The van der Waals surface area contributed by atoms with Crippen LogP contribution in [0.3, 0.4) is 0 Å². The van der Waals surface area contributed by atoms with Crippen LogP contribution in [0.4, 0.5) is 5.69 Å². The highest BCUT2D eigenvalue weighted by Gasteiger charge is 2.15. The average Bonchev–Trinajstić information content (AvgIpc) is 2.68. The van der Waals surface area contributed by atoms with Gasteiger partial charge in [-0.3, -0.25) is 0 Å². The third kappa shape index (κ3) is 3.33. The Hall–Kier alpha value is -3.26. The SMILES string of the molecule is C=C(c1ccccc1)c1cc(OC)cc(C(=C)c2ccccc2)c1N. The molecule has 0 aliphatic heterocycles. The Labute approximate surface area is 148 Å². The highest BCUT2D eigenvalue weighted by atomic mass is 16.5. The van der Waals surface area contributed by atoms with Crippen LogP contribution in [-0.4, -0.2) is 7.11 Å². The van der Waals surface area contributed by atoms with E-state index in [2.05, 4.69) is 13.2 Å². The predicted octanol–water partition coefficient (Wildman–Crippen LogP) is 5.40. The number of methoxy groups -OCH3 is 1. The molecule has 3 aromatic carbocycles. The molecule has 0 aliphatic carbocycles. The summed E-state index contributed by atoms with van der Waals surface area (Å²) < 4.78 is 5.48. The molecule has 2 N–H and O–H groups in total. The summed E-state index contributed by atoms with van der Waals surface area (Å²) in [5.74, 6) is 0.730. The van der Waals surface area contributed by atoms with E-state index in [1.807, 2.05) is 72.8 Å². The standard InChI is InChI=1S/C23H21NO/c1-16(18-10-6-4-7-11-18)21-14-20(25-3)15-22(23(21)24)17(2)19-12-8-5-9-13-19/h4-15H,1-2,24H2,3H3. The average molecular weight is 327 g/mol. The van der Waals surface area contributed by atoms with Gasteiger partial charge in [0.15, 0.2) is 0 Å². The number of rotatable bonds is 5. The molecule has 3 aromatic rings. The lowest BCUT2D eigenvalue weighted by atomic mass is 9.91. The maximum atomic E-state index is 6.51. The van der Waals surface area contributed by atoms with Gasteiger partial charge in [-0.15, -0.1) is 0 Å². The number of hydrogen-bond donors (Lipinski definition) is 1. The Bertz CT molecular complexity index is 839. The molecule has 0 unspecified atom stereocenters. The van der Waals surface area contributed by atoms with Crippen LogP contribution in [0.15, 0.2) is 86.0 Å². The Morgan fingerprint density at radius 2 is 1.16 bits per heavy atom. The summed E-state index contributed by atoms with van der Waals surface area (Å²) >= 11 is 0. The molecule has 0 aliphatic rings. The molecule has 0 saturated heterocycles. The van der Waals surface area contributed by atoms with Gasteiger partial charge in [0.1, 0.15) is 5.75 Å². The van der Waals surface area contributed by atoms with Crippen molar-refractivity contribution in [2.24, 2.45) is 0 Å². The molecule has 2 heteroatoms. The summed E-state index contributed by atoms with van der Waals surface area (Å²) in [7, 11) is 1.65. The van der Waals surface area contributed by atoms with Gasteiger partial charge >= 0.3 is 0 Å². The lowest BCUT2D eigenvalue weighted by molar-refractivity contribution is 0.414. The van der Waals surface area contributed by atoms with Gasteiger partial charge in [0, 0.05) is 16.8 Å². The number of hydrogen-bond acceptors (Lipinski definition) is 2. The van der Waals surface area contributed by atoms with E-state index in [-0.39, 0.29) is 0 Å². The Morgan fingerprint density at radius 3 is 1.52 bits per heavy atom. The summed E-state index contributed by atoms with van der Waals surface area (Å²) in [6, 6.07) is 23.8. The molecule has 0 bridgehead atoms. The quantitative estimate of drug-likeness (QED) is 0.637. The molecule has 0 atom stereocenters. The van der Waals surface area contributed by atoms with Gasteiger partial charge in [0.05, 0.1) is 7.11 Å². The molecule has 0 amide bonds. The molecule has 0 heterocycles. The molecule has 2 nitrogen and oxygen atoms in total. The van der Waals surface area contributed by atoms with Gasteiger partial charge in [-0.05, 0) is 34.4 Å². The fraction of sp³-hybridized carbons (Fsp3) is 0.0435. The molecular weight excluding hydrogens is 306 g/mol. The van der Waals surface area contributed by atoms with E-state index in [0.29, 0.717) is 5.69 Å². The smallest absolute Gasteiger partial charge is 0.120 e. The van der Waals surface area contributed by atoms with Gasteiger partial charge < -0.3 is 10.5 Å². The molecule has 124 valence electrons. The zero-order chi connectivity index (χ0) is 17.8. The molecular formula is C23H21NO. The van der Waals surface area contributed by atoms with Crippen molar-refractivity contribution in [1.82, 2.24) is 0 Å². The molecule has 0 radical (unpaired) electrons. The number of ether oxygens (including phenoxy) is 1. The lowest BCUT2D eigenvalue weighted by Crippen LogP contribution is -2.02. The van der Waals surface area contributed by atoms with E-state index in [1.54, 1.807) is 7.11 Å². The second-order valence-electron chi connectivity index (χ2n) is 5.83. The molecule has 0 fully saturated rings. The Kier molecular flexibility index (Phi) is 4.71. The normalized spacial score (nSPS) is 10.3. The minimum Gasteiger partial charge on any atom is -0.497 e. The van der Waals surface area contributed by atoms with Gasteiger partial charge in [-0.25, -0.2) is 0 Å². The van der Waals surface area contributed by atoms with Crippen LogP contribution in [0.1, 0.15) is 22.3 Å². The fourth-order valence-electron chi connectivity index (χ4n) is 2.83. The van der Waals surface area contributed by atoms with Crippen molar-refractivity contribution in [2.75, 3.05) is 12.8 Å². The van der Waals surface area contributed by atoms with Crippen molar-refractivity contribution < 1.29 is 4.74 Å². The highest BCUT2D eigenvalue weighted by molar-refractivity contribution is 5.93. The fourth-order valence-corrected chi connectivity index (χ4v) is 2.83. The van der Waals surface area contributed by atoms with Crippen LogP contribution in [0.2, 0.25) is 0 Å². The number of nitrogens with two attached hydrogens (primary N) is 1. The highest BCUT2D eigenvalue weighted by Crippen LogP contribution is 2.37. The number of nitrogen functional groups attached to an aromatic ring is 1. The summed E-state index contributed by atoms with van der Waals surface area (Å²) in [5.41, 5.74) is 12.7. The minimum absolute atomic E-state index is 0.656. The third-order valence-electron chi connectivity index (χ3n) is 4.28. The first kappa shape index (κ1) is 16.6. The summed E-state index contributed by atoms with van der Waals surface area (Å²) in [6.45, 7) is 8.48. The first-order chi connectivity index (χ1) is 12.1.